The van der Waals surface area contributed by atoms with Gasteiger partial charge in [-0.1, -0.05) is 53.9 Å². The monoisotopic (exact) mass is 240 g/mol. The lowest BCUT2D eigenvalue weighted by Crippen LogP contribution is -2.26. The Morgan fingerprint density at radius 1 is 1.00 bits per heavy atom. The Hall–Kier alpha value is -0.590. The fraction of sp³-hybridized carbons (Fsp3) is 0.812. The van der Waals surface area contributed by atoms with Crippen molar-refractivity contribution in [2.24, 2.45) is 17.8 Å². The van der Waals surface area contributed by atoms with Gasteiger partial charge in [0.25, 0.3) is 0 Å². The maximum atomic E-state index is 11.9. The molecule has 1 aliphatic carbocycles. The lowest BCUT2D eigenvalue weighted by atomic mass is 9.79. The zero-order chi connectivity index (χ0) is 13.8. The van der Waals surface area contributed by atoms with Crippen LogP contribution in [0.1, 0.15) is 66.7 Å². The van der Waals surface area contributed by atoms with E-state index < -0.39 is 0 Å². The third kappa shape index (κ3) is 7.36. The van der Waals surface area contributed by atoms with Gasteiger partial charge in [-0.2, -0.15) is 0 Å². The predicted octanol–water partition coefficient (Wildman–Crippen LogP) is 5.26. The van der Waals surface area contributed by atoms with E-state index in [1.54, 1.807) is 0 Å². The van der Waals surface area contributed by atoms with E-state index in [2.05, 4.69) is 33.9 Å². The van der Waals surface area contributed by atoms with Gasteiger partial charge in [-0.3, -0.25) is 4.79 Å². The number of carbonyl (C=O) groups excluding carboxylic acids is 1. The summed E-state index contributed by atoms with van der Waals surface area (Å²) in [7, 11) is 0. The van der Waals surface area contributed by atoms with Crippen molar-refractivity contribution < 1.29 is 4.79 Å². The lowest BCUT2D eigenvalue weighted by Gasteiger charge is -2.25. The summed E-state index contributed by atoms with van der Waals surface area (Å²) >= 11 is 0. The molecule has 17 heavy (non-hydrogen) atoms. The highest BCUT2D eigenvalue weighted by atomic mass is 16.1. The van der Waals surface area contributed by atoms with E-state index in [4.69, 9.17) is 0 Å². The Morgan fingerprint density at radius 2 is 1.41 bits per heavy atom. The van der Waals surface area contributed by atoms with E-state index in [1.165, 1.54) is 19.3 Å². The molecule has 0 spiro atoms. The van der Waals surface area contributed by atoms with Crippen LogP contribution in [0.2, 0.25) is 0 Å². The van der Waals surface area contributed by atoms with E-state index in [9.17, 15) is 4.79 Å². The molecule has 1 unspecified atom stereocenters. The number of carbonyl (C=O) groups is 1. The minimum Gasteiger partial charge on any atom is -0.299 e. The molecule has 0 bridgehead atoms. The predicted molar refractivity (Wildman–Crippen MR) is 78.2 cm³/mol. The molecular formula is C16H32O. The lowest BCUT2D eigenvalue weighted by molar-refractivity contribution is -0.128. The van der Waals surface area contributed by atoms with Gasteiger partial charge in [-0.05, 0) is 18.8 Å². The molecule has 0 aliphatic heterocycles. The summed E-state index contributed by atoms with van der Waals surface area (Å²) < 4.78 is 0. The smallest absolute Gasteiger partial charge is 0.139 e. The van der Waals surface area contributed by atoms with Gasteiger partial charge in [0, 0.05) is 11.8 Å². The highest BCUT2D eigenvalue weighted by molar-refractivity contribution is 5.83. The molecule has 0 radical (unpaired) electrons. The largest absolute Gasteiger partial charge is 0.299 e. The molecule has 1 aliphatic rings. The van der Waals surface area contributed by atoms with Crippen LogP contribution in [0.5, 0.6) is 0 Å². The minimum absolute atomic E-state index is 0.267. The molecule has 0 heterocycles. The van der Waals surface area contributed by atoms with Gasteiger partial charge in [-0.25, -0.2) is 0 Å². The summed E-state index contributed by atoms with van der Waals surface area (Å²) in [5.74, 6) is 1.69. The molecule has 0 aromatic rings. The molecule has 1 rings (SSSR count). The standard InChI is InChI=1S/C12H22O.C2H6.C2H4/c1-9(2)10(3)12(13)11-7-5-4-6-8-11;2*1-2/h9-11H,4-8H2,1-3H3;1-2H3;1-2H2. The van der Waals surface area contributed by atoms with Crippen LogP contribution in [0.3, 0.4) is 0 Å². The molecule has 0 aromatic carbocycles. The van der Waals surface area contributed by atoms with Crippen LogP contribution in [0, 0.1) is 17.8 Å². The quantitative estimate of drug-likeness (QED) is 0.615. The van der Waals surface area contributed by atoms with E-state index in [0.29, 0.717) is 17.6 Å². The van der Waals surface area contributed by atoms with E-state index in [1.807, 2.05) is 13.8 Å². The van der Waals surface area contributed by atoms with Crippen molar-refractivity contribution in [3.63, 3.8) is 0 Å². The van der Waals surface area contributed by atoms with Crippen molar-refractivity contribution in [3.8, 4) is 0 Å². The Bertz CT molecular complexity index is 178. The number of ketones is 1. The van der Waals surface area contributed by atoms with Crippen LogP contribution in [-0.2, 0) is 4.79 Å². The topological polar surface area (TPSA) is 17.1 Å². The average molecular weight is 240 g/mol. The molecular weight excluding hydrogens is 208 g/mol. The average Bonchev–Trinajstić information content (AvgIpc) is 2.42. The van der Waals surface area contributed by atoms with Crippen LogP contribution in [0.25, 0.3) is 0 Å². The molecule has 1 atom stereocenters. The molecule has 0 saturated heterocycles. The van der Waals surface area contributed by atoms with Gasteiger partial charge < -0.3 is 0 Å². The van der Waals surface area contributed by atoms with Gasteiger partial charge >= 0.3 is 0 Å². The van der Waals surface area contributed by atoms with Crippen molar-refractivity contribution in [1.82, 2.24) is 0 Å². The SMILES string of the molecule is C=C.CC.CC(C)C(C)C(=O)C1CCCCC1. The van der Waals surface area contributed by atoms with Crippen LogP contribution in [0.15, 0.2) is 13.2 Å². The normalized spacial score (nSPS) is 17.3. The Kier molecular flexibility index (Phi) is 13.1. The molecule has 102 valence electrons. The molecule has 1 fully saturated rings. The number of Topliss-reactive ketones (excluding diaryl/α,β-unsaturated/α-hetero) is 1. The van der Waals surface area contributed by atoms with Crippen LogP contribution in [-0.4, -0.2) is 5.78 Å². The second-order valence-electron chi connectivity index (χ2n) is 4.77. The maximum absolute atomic E-state index is 11.9. The minimum atomic E-state index is 0.267. The van der Waals surface area contributed by atoms with Crippen LogP contribution >= 0.6 is 0 Å². The third-order valence-corrected chi connectivity index (χ3v) is 3.46. The fourth-order valence-electron chi connectivity index (χ4n) is 2.09. The van der Waals surface area contributed by atoms with Gasteiger partial charge in [-0.15, -0.1) is 13.2 Å². The number of hydrogen-bond donors (Lipinski definition) is 0. The first-order valence-electron chi connectivity index (χ1n) is 7.16. The van der Waals surface area contributed by atoms with Crippen LogP contribution < -0.4 is 0 Å². The molecule has 1 saturated carbocycles. The molecule has 1 heteroatoms. The van der Waals surface area contributed by atoms with E-state index in [-0.39, 0.29) is 5.92 Å². The van der Waals surface area contributed by atoms with Gasteiger partial charge in [0.05, 0.1) is 0 Å². The molecule has 1 nitrogen and oxygen atoms in total. The van der Waals surface area contributed by atoms with Crippen LogP contribution in [0.4, 0.5) is 0 Å². The van der Waals surface area contributed by atoms with Gasteiger partial charge in [0.2, 0.25) is 0 Å². The van der Waals surface area contributed by atoms with Crippen molar-refractivity contribution in [2.75, 3.05) is 0 Å². The third-order valence-electron chi connectivity index (χ3n) is 3.46. The van der Waals surface area contributed by atoms with Gasteiger partial charge in [0.1, 0.15) is 5.78 Å². The highest BCUT2D eigenvalue weighted by Crippen LogP contribution is 2.28. The van der Waals surface area contributed by atoms with Crippen molar-refractivity contribution in [3.05, 3.63) is 13.2 Å². The summed E-state index contributed by atoms with van der Waals surface area (Å²) in [4.78, 5) is 11.9. The molecule has 0 amide bonds. The zero-order valence-electron chi connectivity index (χ0n) is 12.6. The molecule has 0 aromatic heterocycles. The van der Waals surface area contributed by atoms with E-state index >= 15 is 0 Å². The summed E-state index contributed by atoms with van der Waals surface area (Å²) in [6, 6.07) is 0. The number of hydrogen-bond acceptors (Lipinski definition) is 1. The first-order valence-corrected chi connectivity index (χ1v) is 7.16. The number of rotatable bonds is 3. The molecule has 0 N–H and O–H groups in total. The first-order chi connectivity index (χ1) is 8.13. The maximum Gasteiger partial charge on any atom is 0.139 e. The van der Waals surface area contributed by atoms with Gasteiger partial charge in [0.15, 0.2) is 0 Å². The first kappa shape index (κ1) is 18.8. The van der Waals surface area contributed by atoms with Crippen molar-refractivity contribution in [2.45, 2.75) is 66.7 Å². The summed E-state index contributed by atoms with van der Waals surface area (Å²) in [5.41, 5.74) is 0. The Labute approximate surface area is 109 Å². The van der Waals surface area contributed by atoms with Crippen molar-refractivity contribution in [1.29, 1.82) is 0 Å². The second-order valence-corrected chi connectivity index (χ2v) is 4.77. The summed E-state index contributed by atoms with van der Waals surface area (Å²) in [6.07, 6.45) is 6.16. The second kappa shape index (κ2) is 11.9. The Morgan fingerprint density at radius 3 is 1.76 bits per heavy atom. The fourth-order valence-corrected chi connectivity index (χ4v) is 2.09. The zero-order valence-corrected chi connectivity index (χ0v) is 12.6. The highest BCUT2D eigenvalue weighted by Gasteiger charge is 2.26. The Balaban J connectivity index is 0. The summed E-state index contributed by atoms with van der Waals surface area (Å²) in [6.45, 7) is 16.4. The van der Waals surface area contributed by atoms with Crippen molar-refractivity contribution >= 4 is 5.78 Å². The van der Waals surface area contributed by atoms with E-state index in [0.717, 1.165) is 12.8 Å². The summed E-state index contributed by atoms with van der Waals surface area (Å²) in [5, 5.41) is 0.